The fourth-order valence-corrected chi connectivity index (χ4v) is 4.22. The van der Waals surface area contributed by atoms with Gasteiger partial charge in [-0.2, -0.15) is 0 Å². The van der Waals surface area contributed by atoms with Crippen molar-refractivity contribution in [1.82, 2.24) is 0 Å². The maximum Gasteiger partial charge on any atom is 0.311 e. The largest absolute Gasteiger partial charge is 0.481 e. The summed E-state index contributed by atoms with van der Waals surface area (Å²) in [6.45, 7) is 0.0865. The Morgan fingerprint density at radius 1 is 0.875 bits per heavy atom. The molecular formula is C8H15NO6S. The Morgan fingerprint density at radius 3 is 1.38 bits per heavy atom. The molecule has 0 aromatic carbocycles. The molecule has 0 rings (SSSR count). The lowest BCUT2D eigenvalue weighted by atomic mass is 10.8. The zero-order chi connectivity index (χ0) is 12.8. The molecule has 8 heteroatoms. The first-order chi connectivity index (χ1) is 7.31. The van der Waals surface area contributed by atoms with Gasteiger partial charge < -0.3 is 21.1 Å². The Balaban J connectivity index is 4.93. The average Bonchev–Trinajstić information content (AvgIpc) is 1.98. The second kappa shape index (κ2) is 6.33. The molecule has 0 aliphatic heterocycles. The standard InChI is InChI=1S/C8H15NO6S/c9-1-2-16(3-6(10)11,4-7(12)13)5-8(14)15/h1-5,9H2,(H,10,11)(H,12,13)(H,14,15). The molecular weight excluding hydrogens is 238 g/mol. The summed E-state index contributed by atoms with van der Waals surface area (Å²) in [5, 5.41) is 26.1. The van der Waals surface area contributed by atoms with Crippen LogP contribution in [-0.2, 0) is 14.4 Å². The number of carboxylic acid groups (broad SMARTS) is 3. The maximum absolute atomic E-state index is 10.6. The molecule has 0 aromatic heterocycles. The van der Waals surface area contributed by atoms with Gasteiger partial charge in [-0.1, -0.05) is 0 Å². The van der Waals surface area contributed by atoms with E-state index in [1.54, 1.807) is 0 Å². The van der Waals surface area contributed by atoms with Gasteiger partial charge in [0.05, 0.1) is 17.3 Å². The summed E-state index contributed by atoms with van der Waals surface area (Å²) in [7, 11) is -2.27. The van der Waals surface area contributed by atoms with Crippen LogP contribution >= 0.6 is 10.0 Å². The van der Waals surface area contributed by atoms with Crippen LogP contribution in [0.3, 0.4) is 0 Å². The van der Waals surface area contributed by atoms with E-state index >= 15 is 0 Å². The quantitative estimate of drug-likeness (QED) is 0.435. The zero-order valence-electron chi connectivity index (χ0n) is 8.59. The number of rotatable bonds is 8. The van der Waals surface area contributed by atoms with Crippen molar-refractivity contribution in [2.75, 3.05) is 29.6 Å². The third-order valence-corrected chi connectivity index (χ3v) is 5.52. The lowest BCUT2D eigenvalue weighted by molar-refractivity contribution is -0.134. The molecule has 7 nitrogen and oxygen atoms in total. The molecule has 0 aromatic rings. The fraction of sp³-hybridized carbons (Fsp3) is 0.625. The monoisotopic (exact) mass is 253 g/mol. The van der Waals surface area contributed by atoms with Crippen LogP contribution in [0.2, 0.25) is 0 Å². The van der Waals surface area contributed by atoms with Crippen LogP contribution in [0.5, 0.6) is 0 Å². The van der Waals surface area contributed by atoms with Crippen LogP contribution in [0.15, 0.2) is 0 Å². The van der Waals surface area contributed by atoms with Crippen molar-refractivity contribution in [2.24, 2.45) is 5.73 Å². The van der Waals surface area contributed by atoms with Crippen molar-refractivity contribution in [3.8, 4) is 0 Å². The van der Waals surface area contributed by atoms with Crippen molar-refractivity contribution in [3.05, 3.63) is 0 Å². The molecule has 0 aliphatic carbocycles. The SMILES string of the molecule is NCCS(CC(=O)O)(CC(=O)O)CC(=O)O. The normalized spacial score (nSPS) is 12.1. The first-order valence-corrected chi connectivity index (χ1v) is 6.72. The number of hydrogen-bond acceptors (Lipinski definition) is 4. The molecule has 0 fully saturated rings. The number of aliphatic carboxylic acids is 3. The predicted octanol–water partition coefficient (Wildman–Crippen LogP) is -0.996. The Bertz CT molecular complexity index is 251. The van der Waals surface area contributed by atoms with Gasteiger partial charge in [-0.15, -0.1) is 0 Å². The van der Waals surface area contributed by atoms with Gasteiger partial charge in [0, 0.05) is 0 Å². The van der Waals surface area contributed by atoms with E-state index in [4.69, 9.17) is 21.1 Å². The lowest BCUT2D eigenvalue weighted by Gasteiger charge is -2.35. The first kappa shape index (κ1) is 14.7. The van der Waals surface area contributed by atoms with Crippen molar-refractivity contribution < 1.29 is 29.7 Å². The molecule has 0 aliphatic rings. The van der Waals surface area contributed by atoms with Crippen molar-refractivity contribution >= 4 is 27.9 Å². The van der Waals surface area contributed by atoms with Crippen molar-refractivity contribution in [2.45, 2.75) is 0 Å². The van der Waals surface area contributed by atoms with Crippen LogP contribution in [0.1, 0.15) is 0 Å². The molecule has 0 saturated heterocycles. The predicted molar refractivity (Wildman–Crippen MR) is 59.0 cm³/mol. The summed E-state index contributed by atoms with van der Waals surface area (Å²) >= 11 is 0. The van der Waals surface area contributed by atoms with Gasteiger partial charge in [0.25, 0.3) is 0 Å². The summed E-state index contributed by atoms with van der Waals surface area (Å²) in [5.74, 6) is -4.71. The van der Waals surface area contributed by atoms with Gasteiger partial charge in [0.1, 0.15) is 0 Å². The first-order valence-electron chi connectivity index (χ1n) is 4.41. The summed E-state index contributed by atoms with van der Waals surface area (Å²) in [6.07, 6.45) is 0. The summed E-state index contributed by atoms with van der Waals surface area (Å²) in [6, 6.07) is 0. The van der Waals surface area contributed by atoms with Crippen LogP contribution in [0, 0.1) is 0 Å². The average molecular weight is 253 g/mol. The Kier molecular flexibility index (Phi) is 5.83. The Hall–Kier alpha value is -1.28. The highest BCUT2D eigenvalue weighted by Gasteiger charge is 2.31. The van der Waals surface area contributed by atoms with E-state index in [9.17, 15) is 14.4 Å². The van der Waals surface area contributed by atoms with E-state index in [0.29, 0.717) is 0 Å². The minimum atomic E-state index is -2.27. The summed E-state index contributed by atoms with van der Waals surface area (Å²) in [4.78, 5) is 31.9. The molecule has 0 unspecified atom stereocenters. The third kappa shape index (κ3) is 5.56. The highest BCUT2D eigenvalue weighted by Crippen LogP contribution is 2.46. The number of hydrogen-bond donors (Lipinski definition) is 4. The zero-order valence-corrected chi connectivity index (χ0v) is 9.40. The summed E-state index contributed by atoms with van der Waals surface area (Å²) in [5.41, 5.74) is 5.28. The molecule has 0 amide bonds. The number of nitrogens with two attached hydrogens (primary N) is 1. The van der Waals surface area contributed by atoms with E-state index in [-0.39, 0.29) is 12.3 Å². The molecule has 0 bridgehead atoms. The second-order valence-corrected chi connectivity index (χ2v) is 7.06. The second-order valence-electron chi connectivity index (χ2n) is 3.33. The smallest absolute Gasteiger partial charge is 0.311 e. The molecule has 16 heavy (non-hydrogen) atoms. The molecule has 94 valence electrons. The van der Waals surface area contributed by atoms with E-state index in [0.717, 1.165) is 0 Å². The number of carboxylic acids is 3. The van der Waals surface area contributed by atoms with Crippen LogP contribution in [0.25, 0.3) is 0 Å². The Labute approximate surface area is 93.6 Å². The molecule has 0 heterocycles. The van der Waals surface area contributed by atoms with E-state index in [2.05, 4.69) is 0 Å². The molecule has 5 N–H and O–H groups in total. The van der Waals surface area contributed by atoms with Crippen LogP contribution in [-0.4, -0.2) is 62.8 Å². The topological polar surface area (TPSA) is 138 Å². The van der Waals surface area contributed by atoms with E-state index in [1.165, 1.54) is 0 Å². The maximum atomic E-state index is 10.6. The van der Waals surface area contributed by atoms with E-state index < -0.39 is 45.2 Å². The van der Waals surface area contributed by atoms with Gasteiger partial charge in [0.2, 0.25) is 0 Å². The highest BCUT2D eigenvalue weighted by atomic mass is 32.3. The van der Waals surface area contributed by atoms with Gasteiger partial charge in [-0.25, -0.2) is 10.0 Å². The Morgan fingerprint density at radius 2 is 1.19 bits per heavy atom. The van der Waals surface area contributed by atoms with Crippen LogP contribution in [0.4, 0.5) is 0 Å². The highest BCUT2D eigenvalue weighted by molar-refractivity contribution is 8.35. The molecule has 0 saturated carbocycles. The third-order valence-electron chi connectivity index (χ3n) is 1.84. The van der Waals surface area contributed by atoms with Gasteiger partial charge in [-0.05, 0) is 12.3 Å². The number of carbonyl (C=O) groups is 3. The summed E-state index contributed by atoms with van der Waals surface area (Å²) < 4.78 is 0. The van der Waals surface area contributed by atoms with E-state index in [1.807, 2.05) is 0 Å². The van der Waals surface area contributed by atoms with Gasteiger partial charge >= 0.3 is 17.9 Å². The fourth-order valence-electron chi connectivity index (χ4n) is 1.41. The van der Waals surface area contributed by atoms with Crippen LogP contribution < -0.4 is 5.73 Å². The van der Waals surface area contributed by atoms with Gasteiger partial charge in [0.15, 0.2) is 0 Å². The van der Waals surface area contributed by atoms with Crippen molar-refractivity contribution in [1.29, 1.82) is 0 Å². The van der Waals surface area contributed by atoms with Crippen molar-refractivity contribution in [3.63, 3.8) is 0 Å². The lowest BCUT2D eigenvalue weighted by Crippen LogP contribution is -2.31. The molecule has 0 atom stereocenters. The van der Waals surface area contributed by atoms with Gasteiger partial charge in [-0.3, -0.25) is 14.4 Å². The minimum Gasteiger partial charge on any atom is -0.481 e. The molecule has 0 spiro atoms. The molecule has 0 radical (unpaired) electrons. The minimum absolute atomic E-state index is 0.0865.